The fourth-order valence-corrected chi connectivity index (χ4v) is 2.73. The Morgan fingerprint density at radius 2 is 2.00 bits per heavy atom. The second kappa shape index (κ2) is 7.87. The lowest BCUT2D eigenvalue weighted by molar-refractivity contribution is -0.122. The number of rotatable bonds is 5. The highest BCUT2D eigenvalue weighted by Gasteiger charge is 2.14. The van der Waals surface area contributed by atoms with Crippen molar-refractivity contribution in [2.45, 2.75) is 38.1 Å². The summed E-state index contributed by atoms with van der Waals surface area (Å²) in [4.78, 5) is 11.8. The molecule has 0 aromatic heterocycles. The average Bonchev–Trinajstić information content (AvgIpc) is 2.44. The zero-order chi connectivity index (χ0) is 14.4. The van der Waals surface area contributed by atoms with Gasteiger partial charge in [-0.25, -0.2) is 0 Å². The summed E-state index contributed by atoms with van der Waals surface area (Å²) in [5, 5.41) is 7.53. The van der Waals surface area contributed by atoms with Crippen molar-refractivity contribution in [2.24, 2.45) is 0 Å². The molecule has 20 heavy (non-hydrogen) atoms. The second-order valence-corrected chi connectivity index (χ2v) is 6.01. The van der Waals surface area contributed by atoms with Crippen LogP contribution in [-0.2, 0) is 11.2 Å². The van der Waals surface area contributed by atoms with Crippen LogP contribution in [0.25, 0.3) is 0 Å². The second-order valence-electron chi connectivity index (χ2n) is 5.19. The maximum atomic E-state index is 11.8. The number of aryl methyl sites for hydroxylation is 1. The van der Waals surface area contributed by atoms with E-state index in [0.717, 1.165) is 44.3 Å². The predicted octanol–water partition coefficient (Wildman–Crippen LogP) is 3.18. The van der Waals surface area contributed by atoms with Crippen LogP contribution >= 0.6 is 23.2 Å². The van der Waals surface area contributed by atoms with Gasteiger partial charge in [-0.3, -0.25) is 4.79 Å². The lowest BCUT2D eigenvalue weighted by atomic mass is 10.1. The van der Waals surface area contributed by atoms with Gasteiger partial charge in [-0.1, -0.05) is 29.3 Å². The molecular formula is C15H20Cl2N2O. The summed E-state index contributed by atoms with van der Waals surface area (Å²) in [6, 6.07) is 5.97. The number of amides is 1. The van der Waals surface area contributed by atoms with Gasteiger partial charge in [0.15, 0.2) is 0 Å². The molecule has 0 atom stereocenters. The molecule has 2 rings (SSSR count). The van der Waals surface area contributed by atoms with Gasteiger partial charge in [-0.05, 0) is 56.5 Å². The fraction of sp³-hybridized carbons (Fsp3) is 0.533. The van der Waals surface area contributed by atoms with E-state index in [2.05, 4.69) is 10.6 Å². The molecule has 1 amide bonds. The zero-order valence-corrected chi connectivity index (χ0v) is 12.9. The fourth-order valence-electron chi connectivity index (χ4n) is 2.41. The molecule has 1 aromatic carbocycles. The molecule has 1 aromatic rings. The van der Waals surface area contributed by atoms with Crippen LogP contribution in [0.4, 0.5) is 0 Å². The number of benzene rings is 1. The maximum absolute atomic E-state index is 11.8. The molecule has 3 nitrogen and oxygen atoms in total. The smallest absolute Gasteiger partial charge is 0.220 e. The third-order valence-electron chi connectivity index (χ3n) is 3.56. The molecule has 1 heterocycles. The standard InChI is InChI=1S/C15H20Cl2N2O/c16-13-5-4-11(10-14(13)17)2-1-3-15(20)19-12-6-8-18-9-7-12/h4-5,10,12,18H,1-3,6-9H2,(H,19,20). The molecule has 0 radical (unpaired) electrons. The Labute approximate surface area is 130 Å². The lowest BCUT2D eigenvalue weighted by Crippen LogP contribution is -2.42. The quantitative estimate of drug-likeness (QED) is 0.876. The first-order valence-electron chi connectivity index (χ1n) is 7.09. The van der Waals surface area contributed by atoms with E-state index in [1.54, 1.807) is 6.07 Å². The van der Waals surface area contributed by atoms with E-state index in [-0.39, 0.29) is 5.91 Å². The van der Waals surface area contributed by atoms with Gasteiger partial charge < -0.3 is 10.6 Å². The van der Waals surface area contributed by atoms with Gasteiger partial charge in [-0.2, -0.15) is 0 Å². The van der Waals surface area contributed by atoms with Crippen molar-refractivity contribution in [3.8, 4) is 0 Å². The van der Waals surface area contributed by atoms with E-state index < -0.39 is 0 Å². The van der Waals surface area contributed by atoms with Crippen molar-refractivity contribution in [2.75, 3.05) is 13.1 Å². The zero-order valence-electron chi connectivity index (χ0n) is 11.4. The maximum Gasteiger partial charge on any atom is 0.220 e. The van der Waals surface area contributed by atoms with E-state index in [0.29, 0.717) is 22.5 Å². The van der Waals surface area contributed by atoms with Crippen LogP contribution in [0.5, 0.6) is 0 Å². The number of halogens is 2. The summed E-state index contributed by atoms with van der Waals surface area (Å²) in [5.74, 6) is 0.150. The Morgan fingerprint density at radius 1 is 1.25 bits per heavy atom. The van der Waals surface area contributed by atoms with Gasteiger partial charge in [0.05, 0.1) is 10.0 Å². The highest BCUT2D eigenvalue weighted by Crippen LogP contribution is 2.23. The van der Waals surface area contributed by atoms with Crippen LogP contribution < -0.4 is 10.6 Å². The van der Waals surface area contributed by atoms with Crippen LogP contribution in [0.15, 0.2) is 18.2 Å². The van der Waals surface area contributed by atoms with E-state index >= 15 is 0 Å². The Hall–Kier alpha value is -0.770. The minimum atomic E-state index is 0.150. The number of carbonyl (C=O) groups is 1. The lowest BCUT2D eigenvalue weighted by Gasteiger charge is -2.23. The molecule has 0 saturated carbocycles. The minimum absolute atomic E-state index is 0.150. The van der Waals surface area contributed by atoms with E-state index in [4.69, 9.17) is 23.2 Å². The van der Waals surface area contributed by atoms with Crippen molar-refractivity contribution in [3.05, 3.63) is 33.8 Å². The Balaban J connectivity index is 1.69. The highest BCUT2D eigenvalue weighted by molar-refractivity contribution is 6.42. The number of hydrogen-bond donors (Lipinski definition) is 2. The van der Waals surface area contributed by atoms with Crippen molar-refractivity contribution in [3.63, 3.8) is 0 Å². The first-order chi connectivity index (χ1) is 9.65. The molecule has 5 heteroatoms. The van der Waals surface area contributed by atoms with Crippen molar-refractivity contribution < 1.29 is 4.79 Å². The van der Waals surface area contributed by atoms with Gasteiger partial charge in [0.2, 0.25) is 5.91 Å². The summed E-state index contributed by atoms with van der Waals surface area (Å²) in [6.07, 6.45) is 4.28. The van der Waals surface area contributed by atoms with E-state index in [1.165, 1.54) is 0 Å². The Morgan fingerprint density at radius 3 is 2.70 bits per heavy atom. The number of carbonyl (C=O) groups excluding carboxylic acids is 1. The van der Waals surface area contributed by atoms with E-state index in [1.807, 2.05) is 12.1 Å². The molecule has 1 aliphatic heterocycles. The van der Waals surface area contributed by atoms with Crippen LogP contribution in [0.1, 0.15) is 31.2 Å². The normalized spacial score (nSPS) is 16.1. The van der Waals surface area contributed by atoms with Gasteiger partial charge in [0.25, 0.3) is 0 Å². The summed E-state index contributed by atoms with van der Waals surface area (Å²) in [6.45, 7) is 1.99. The van der Waals surface area contributed by atoms with Crippen molar-refractivity contribution in [1.29, 1.82) is 0 Å². The largest absolute Gasteiger partial charge is 0.353 e. The third kappa shape index (κ3) is 4.97. The van der Waals surface area contributed by atoms with Gasteiger partial charge >= 0.3 is 0 Å². The van der Waals surface area contributed by atoms with Crippen LogP contribution in [0, 0.1) is 0 Å². The predicted molar refractivity (Wildman–Crippen MR) is 83.4 cm³/mol. The molecule has 0 bridgehead atoms. The van der Waals surface area contributed by atoms with Crippen molar-refractivity contribution in [1.82, 2.24) is 10.6 Å². The molecule has 0 spiro atoms. The molecule has 2 N–H and O–H groups in total. The van der Waals surface area contributed by atoms with Crippen LogP contribution in [0.3, 0.4) is 0 Å². The first-order valence-corrected chi connectivity index (χ1v) is 7.85. The third-order valence-corrected chi connectivity index (χ3v) is 4.30. The summed E-state index contributed by atoms with van der Waals surface area (Å²) in [7, 11) is 0. The van der Waals surface area contributed by atoms with E-state index in [9.17, 15) is 4.79 Å². The molecule has 0 aliphatic carbocycles. The SMILES string of the molecule is O=C(CCCc1ccc(Cl)c(Cl)c1)NC1CCNCC1. The Kier molecular flexibility index (Phi) is 6.14. The number of hydrogen-bond acceptors (Lipinski definition) is 2. The molecule has 0 unspecified atom stereocenters. The summed E-state index contributed by atoms with van der Waals surface area (Å²) in [5.41, 5.74) is 1.12. The first kappa shape index (κ1) is 15.6. The molecular weight excluding hydrogens is 295 g/mol. The molecule has 1 aliphatic rings. The summed E-state index contributed by atoms with van der Waals surface area (Å²) < 4.78 is 0. The monoisotopic (exact) mass is 314 g/mol. The van der Waals surface area contributed by atoms with Crippen LogP contribution in [0.2, 0.25) is 10.0 Å². The topological polar surface area (TPSA) is 41.1 Å². The number of piperidine rings is 1. The van der Waals surface area contributed by atoms with Crippen LogP contribution in [-0.4, -0.2) is 25.0 Å². The van der Waals surface area contributed by atoms with Gasteiger partial charge in [0, 0.05) is 12.5 Å². The molecule has 1 fully saturated rings. The summed E-state index contributed by atoms with van der Waals surface area (Å²) >= 11 is 11.8. The Bertz CT molecular complexity index is 459. The number of nitrogens with one attached hydrogen (secondary N) is 2. The molecule has 110 valence electrons. The van der Waals surface area contributed by atoms with Gasteiger partial charge in [-0.15, -0.1) is 0 Å². The minimum Gasteiger partial charge on any atom is -0.353 e. The highest BCUT2D eigenvalue weighted by atomic mass is 35.5. The van der Waals surface area contributed by atoms with Crippen molar-refractivity contribution >= 4 is 29.1 Å². The molecule has 1 saturated heterocycles. The van der Waals surface area contributed by atoms with Gasteiger partial charge in [0.1, 0.15) is 0 Å². The average molecular weight is 315 g/mol.